The molecule has 0 bridgehead atoms. The molecular weight excluding hydrogens is 190 g/mol. The van der Waals surface area contributed by atoms with E-state index in [-0.39, 0.29) is 0 Å². The minimum Gasteiger partial charge on any atom is -0.441 e. The molecule has 0 unspecified atom stereocenters. The highest BCUT2D eigenvalue weighted by molar-refractivity contribution is 8.68. The Bertz CT molecular complexity index is 257. The highest BCUT2D eigenvalue weighted by atomic mass is 33.1. The molecular formula is C8H11NOS2. The molecule has 0 saturated carbocycles. The van der Waals surface area contributed by atoms with Crippen molar-refractivity contribution in [2.24, 2.45) is 0 Å². The number of rotatable bonds is 4. The first-order valence-corrected chi connectivity index (χ1v) is 5.78. The maximum atomic E-state index is 5.36. The summed E-state index contributed by atoms with van der Waals surface area (Å²) >= 11 is 4.02. The van der Waals surface area contributed by atoms with E-state index in [1.807, 2.05) is 12.2 Å². The topological polar surface area (TPSA) is 26.0 Å². The van der Waals surface area contributed by atoms with Gasteiger partial charge in [-0.3, -0.25) is 0 Å². The molecule has 0 aliphatic rings. The molecule has 0 spiro atoms. The lowest BCUT2D eigenvalue weighted by atomic mass is 10.4. The summed E-state index contributed by atoms with van der Waals surface area (Å²) in [4.78, 5) is 4.07. The van der Waals surface area contributed by atoms with Crippen molar-refractivity contribution in [1.29, 1.82) is 0 Å². The summed E-state index contributed by atoms with van der Waals surface area (Å²) in [6, 6.07) is 0. The predicted octanol–water partition coefficient (Wildman–Crippen LogP) is 3.18. The molecule has 1 aromatic rings. The number of thiol groups is 1. The SMILES string of the molecule is CC/C=C\c1ncc(CSS)o1. The molecule has 12 heavy (non-hydrogen) atoms. The van der Waals surface area contributed by atoms with Crippen LogP contribution in [-0.2, 0) is 5.75 Å². The summed E-state index contributed by atoms with van der Waals surface area (Å²) in [7, 11) is 1.43. The van der Waals surface area contributed by atoms with Crippen LogP contribution in [0, 0.1) is 0 Å². The van der Waals surface area contributed by atoms with E-state index < -0.39 is 0 Å². The van der Waals surface area contributed by atoms with Gasteiger partial charge in [0.2, 0.25) is 5.89 Å². The number of hydrogen-bond donors (Lipinski definition) is 1. The van der Waals surface area contributed by atoms with Gasteiger partial charge in [0.15, 0.2) is 0 Å². The van der Waals surface area contributed by atoms with Gasteiger partial charge < -0.3 is 4.42 Å². The molecule has 4 heteroatoms. The molecule has 2 nitrogen and oxygen atoms in total. The third-order valence-electron chi connectivity index (χ3n) is 1.27. The first-order valence-electron chi connectivity index (χ1n) is 3.74. The molecule has 66 valence electrons. The Hall–Kier alpha value is -0.350. The molecule has 0 aromatic carbocycles. The zero-order valence-corrected chi connectivity index (χ0v) is 8.57. The Labute approximate surface area is 81.3 Å². The highest BCUT2D eigenvalue weighted by Gasteiger charge is 1.98. The fourth-order valence-electron chi connectivity index (χ4n) is 0.749. The molecule has 0 aliphatic carbocycles. The molecule has 0 amide bonds. The van der Waals surface area contributed by atoms with Crippen molar-refractivity contribution >= 4 is 28.5 Å². The Morgan fingerprint density at radius 3 is 3.25 bits per heavy atom. The van der Waals surface area contributed by atoms with E-state index >= 15 is 0 Å². The van der Waals surface area contributed by atoms with Crippen molar-refractivity contribution in [2.45, 2.75) is 19.1 Å². The van der Waals surface area contributed by atoms with Gasteiger partial charge in [-0.25, -0.2) is 4.98 Å². The number of aromatic nitrogens is 1. The van der Waals surface area contributed by atoms with Crippen molar-refractivity contribution in [1.82, 2.24) is 4.98 Å². The first kappa shape index (κ1) is 9.74. The lowest BCUT2D eigenvalue weighted by molar-refractivity contribution is 0.513. The smallest absolute Gasteiger partial charge is 0.218 e. The molecule has 0 aliphatic heterocycles. The van der Waals surface area contributed by atoms with Crippen molar-refractivity contribution in [3.63, 3.8) is 0 Å². The van der Waals surface area contributed by atoms with Crippen LogP contribution >= 0.6 is 22.5 Å². The van der Waals surface area contributed by atoms with Gasteiger partial charge in [-0.15, -0.1) is 11.7 Å². The average molecular weight is 201 g/mol. The first-order chi connectivity index (χ1) is 5.86. The van der Waals surface area contributed by atoms with Crippen LogP contribution in [0.1, 0.15) is 25.0 Å². The van der Waals surface area contributed by atoms with E-state index in [4.69, 9.17) is 4.42 Å². The van der Waals surface area contributed by atoms with Gasteiger partial charge in [-0.1, -0.05) is 23.8 Å². The summed E-state index contributed by atoms with van der Waals surface area (Å²) in [5.41, 5.74) is 0. The molecule has 0 saturated heterocycles. The minimum absolute atomic E-state index is 0.675. The van der Waals surface area contributed by atoms with Gasteiger partial charge in [0.05, 0.1) is 11.9 Å². The number of hydrogen-bond acceptors (Lipinski definition) is 4. The monoisotopic (exact) mass is 201 g/mol. The summed E-state index contributed by atoms with van der Waals surface area (Å²) in [5.74, 6) is 2.30. The fourth-order valence-corrected chi connectivity index (χ4v) is 1.39. The Kier molecular flexibility index (Phi) is 4.32. The largest absolute Gasteiger partial charge is 0.441 e. The van der Waals surface area contributed by atoms with Crippen molar-refractivity contribution in [2.75, 3.05) is 0 Å². The van der Waals surface area contributed by atoms with E-state index in [1.54, 1.807) is 6.20 Å². The molecule has 0 radical (unpaired) electrons. The molecule has 1 aromatic heterocycles. The van der Waals surface area contributed by atoms with Crippen LogP contribution in [0.15, 0.2) is 16.7 Å². The molecule has 0 fully saturated rings. The maximum absolute atomic E-state index is 5.36. The highest BCUT2D eigenvalue weighted by Crippen LogP contribution is 2.16. The summed E-state index contributed by atoms with van der Waals surface area (Å²) in [6.07, 6.45) is 6.63. The van der Waals surface area contributed by atoms with Gasteiger partial charge in [0.25, 0.3) is 0 Å². The summed E-state index contributed by atoms with van der Waals surface area (Å²) < 4.78 is 5.36. The van der Waals surface area contributed by atoms with Crippen LogP contribution in [0.5, 0.6) is 0 Å². The van der Waals surface area contributed by atoms with Crippen LogP contribution in [-0.4, -0.2) is 4.98 Å². The third kappa shape index (κ3) is 2.95. The summed E-state index contributed by atoms with van der Waals surface area (Å²) in [6.45, 7) is 2.07. The van der Waals surface area contributed by atoms with Gasteiger partial charge in [0, 0.05) is 0 Å². The van der Waals surface area contributed by atoms with Crippen LogP contribution in [0.3, 0.4) is 0 Å². The molecule has 1 heterocycles. The Morgan fingerprint density at radius 2 is 2.58 bits per heavy atom. The normalized spacial score (nSPS) is 11.2. The van der Waals surface area contributed by atoms with Crippen molar-refractivity contribution in [3.8, 4) is 0 Å². The lowest BCUT2D eigenvalue weighted by Gasteiger charge is -1.86. The Morgan fingerprint density at radius 1 is 1.75 bits per heavy atom. The zero-order valence-electron chi connectivity index (χ0n) is 6.86. The van der Waals surface area contributed by atoms with Crippen LogP contribution in [0.2, 0.25) is 0 Å². The summed E-state index contributed by atoms with van der Waals surface area (Å²) in [5, 5.41) is 0. The molecule has 0 atom stereocenters. The second-order valence-electron chi connectivity index (χ2n) is 2.25. The second-order valence-corrected chi connectivity index (χ2v) is 3.57. The van der Waals surface area contributed by atoms with Gasteiger partial charge in [-0.05, 0) is 12.5 Å². The van der Waals surface area contributed by atoms with Crippen LogP contribution in [0.25, 0.3) is 6.08 Å². The fraction of sp³-hybridized carbons (Fsp3) is 0.375. The third-order valence-corrected chi connectivity index (χ3v) is 2.08. The number of oxazole rings is 1. The van der Waals surface area contributed by atoms with E-state index in [0.717, 1.165) is 17.9 Å². The van der Waals surface area contributed by atoms with Gasteiger partial charge in [0.1, 0.15) is 5.76 Å². The molecule has 1 rings (SSSR count). The van der Waals surface area contributed by atoms with E-state index in [0.29, 0.717) is 5.89 Å². The van der Waals surface area contributed by atoms with Gasteiger partial charge in [-0.2, -0.15) is 0 Å². The van der Waals surface area contributed by atoms with Crippen LogP contribution in [0.4, 0.5) is 0 Å². The average Bonchev–Trinajstić information content (AvgIpc) is 2.50. The van der Waals surface area contributed by atoms with E-state index in [1.165, 1.54) is 10.8 Å². The maximum Gasteiger partial charge on any atom is 0.218 e. The number of allylic oxidation sites excluding steroid dienone is 1. The minimum atomic E-state index is 0.675. The van der Waals surface area contributed by atoms with E-state index in [2.05, 4.69) is 23.6 Å². The quantitative estimate of drug-likeness (QED) is 0.598. The standard InChI is InChI=1S/C8H11NOS2/c1-2-3-4-8-9-5-7(10-8)6-12-11/h3-5,11H,2,6H2,1H3/b4-3-. The second kappa shape index (κ2) is 5.32. The van der Waals surface area contributed by atoms with Crippen LogP contribution < -0.4 is 0 Å². The van der Waals surface area contributed by atoms with Crippen molar-refractivity contribution < 1.29 is 4.42 Å². The van der Waals surface area contributed by atoms with Crippen molar-refractivity contribution in [3.05, 3.63) is 23.9 Å². The van der Waals surface area contributed by atoms with E-state index in [9.17, 15) is 0 Å². The van der Waals surface area contributed by atoms with Gasteiger partial charge >= 0.3 is 0 Å². The number of nitrogens with zero attached hydrogens (tertiary/aromatic N) is 1. The predicted molar refractivity (Wildman–Crippen MR) is 56.1 cm³/mol. The molecule has 0 N–H and O–H groups in total. The Balaban J connectivity index is 2.57. The zero-order chi connectivity index (χ0) is 8.81. The lowest BCUT2D eigenvalue weighted by Crippen LogP contribution is -1.68.